The first-order chi connectivity index (χ1) is 10.6. The molecular weight excluding hydrogens is 282 g/mol. The van der Waals surface area contributed by atoms with E-state index in [1.54, 1.807) is 36.4 Å². The van der Waals surface area contributed by atoms with E-state index >= 15 is 0 Å². The summed E-state index contributed by atoms with van der Waals surface area (Å²) in [6.45, 7) is 7.94. The van der Waals surface area contributed by atoms with Gasteiger partial charge in [0, 0.05) is 30.9 Å². The van der Waals surface area contributed by atoms with Crippen LogP contribution in [0.3, 0.4) is 0 Å². The maximum absolute atomic E-state index is 12.0. The van der Waals surface area contributed by atoms with Crippen molar-refractivity contribution in [3.05, 3.63) is 55.1 Å². The van der Waals surface area contributed by atoms with Gasteiger partial charge in [-0.05, 0) is 24.3 Å². The zero-order chi connectivity index (χ0) is 16.4. The van der Waals surface area contributed by atoms with E-state index in [9.17, 15) is 9.59 Å². The maximum Gasteiger partial charge on any atom is 0.322 e. The molecule has 0 aromatic heterocycles. The molecule has 1 aromatic rings. The summed E-state index contributed by atoms with van der Waals surface area (Å²) >= 11 is 0. The minimum Gasteiger partial charge on any atom is -0.395 e. The van der Waals surface area contributed by atoms with Crippen LogP contribution in [0.25, 0.3) is 0 Å². The molecule has 22 heavy (non-hydrogen) atoms. The normalized spacial score (nSPS) is 9.68. The van der Waals surface area contributed by atoms with Gasteiger partial charge in [-0.25, -0.2) is 4.79 Å². The lowest BCUT2D eigenvalue weighted by atomic mass is 10.2. The van der Waals surface area contributed by atoms with E-state index in [1.807, 2.05) is 0 Å². The smallest absolute Gasteiger partial charge is 0.322 e. The Morgan fingerprint density at radius 1 is 1.18 bits per heavy atom. The van der Waals surface area contributed by atoms with Crippen LogP contribution < -0.4 is 10.6 Å². The Morgan fingerprint density at radius 2 is 1.86 bits per heavy atom. The number of hydrogen-bond donors (Lipinski definition) is 3. The van der Waals surface area contributed by atoms with Gasteiger partial charge >= 0.3 is 6.03 Å². The number of amides is 3. The van der Waals surface area contributed by atoms with Gasteiger partial charge in [0.2, 0.25) is 0 Å². The molecule has 118 valence electrons. The first kappa shape index (κ1) is 17.5. The lowest BCUT2D eigenvalue weighted by Gasteiger charge is -2.20. The summed E-state index contributed by atoms with van der Waals surface area (Å²) in [6, 6.07) is 6.20. The molecule has 0 aliphatic rings. The van der Waals surface area contributed by atoms with Crippen molar-refractivity contribution in [3.63, 3.8) is 0 Å². The summed E-state index contributed by atoms with van der Waals surface area (Å²) in [6.07, 6.45) is 3.18. The molecule has 0 radical (unpaired) electrons. The van der Waals surface area contributed by atoms with Gasteiger partial charge in [0.25, 0.3) is 5.91 Å². The van der Waals surface area contributed by atoms with Crippen molar-refractivity contribution >= 4 is 17.6 Å². The average molecular weight is 303 g/mol. The number of aliphatic hydroxyl groups is 1. The Bertz CT molecular complexity index is 526. The summed E-state index contributed by atoms with van der Waals surface area (Å²) < 4.78 is 0. The highest BCUT2D eigenvalue weighted by Gasteiger charge is 2.11. The minimum atomic E-state index is -0.335. The van der Waals surface area contributed by atoms with Gasteiger partial charge < -0.3 is 20.6 Å². The molecular formula is C16H21N3O3. The predicted octanol–water partition coefficient (Wildman–Crippen LogP) is 1.61. The van der Waals surface area contributed by atoms with Crippen LogP contribution in [0.1, 0.15) is 10.4 Å². The number of carbonyl (C=O) groups is 2. The Hall–Kier alpha value is -2.60. The fourth-order valence-electron chi connectivity index (χ4n) is 1.73. The first-order valence-corrected chi connectivity index (χ1v) is 6.89. The lowest BCUT2D eigenvalue weighted by molar-refractivity contribution is 0.0958. The van der Waals surface area contributed by atoms with Crippen LogP contribution in [-0.4, -0.2) is 48.2 Å². The van der Waals surface area contributed by atoms with E-state index in [0.717, 1.165) is 0 Å². The Morgan fingerprint density at radius 3 is 2.41 bits per heavy atom. The highest BCUT2D eigenvalue weighted by Crippen LogP contribution is 2.10. The quantitative estimate of drug-likeness (QED) is 0.638. The average Bonchev–Trinajstić information content (AvgIpc) is 2.53. The van der Waals surface area contributed by atoms with Crippen LogP contribution >= 0.6 is 0 Å². The molecule has 3 N–H and O–H groups in total. The fraction of sp³-hybridized carbons (Fsp3) is 0.250. The van der Waals surface area contributed by atoms with Crippen LogP contribution in [-0.2, 0) is 0 Å². The van der Waals surface area contributed by atoms with Crippen molar-refractivity contribution in [2.24, 2.45) is 0 Å². The molecule has 0 unspecified atom stereocenters. The topological polar surface area (TPSA) is 81.7 Å². The standard InChI is InChI=1S/C16H21N3O3/c1-3-9-17-15(21)13-5-7-14(8-6-13)18-16(22)19(10-4-2)11-12-20/h3-8,20H,1-2,9-12H2,(H,17,21)(H,18,22). The van der Waals surface area contributed by atoms with Crippen molar-refractivity contribution in [1.29, 1.82) is 0 Å². The molecule has 0 heterocycles. The second kappa shape index (κ2) is 9.36. The summed E-state index contributed by atoms with van der Waals surface area (Å²) in [5.74, 6) is -0.202. The van der Waals surface area contributed by atoms with Crippen molar-refractivity contribution < 1.29 is 14.7 Å². The molecule has 0 fully saturated rings. The molecule has 0 aliphatic carbocycles. The van der Waals surface area contributed by atoms with Crippen LogP contribution in [0.4, 0.5) is 10.5 Å². The van der Waals surface area contributed by atoms with Gasteiger partial charge in [-0.1, -0.05) is 12.2 Å². The molecule has 0 bridgehead atoms. The Kier molecular flexibility index (Phi) is 7.42. The molecule has 6 heteroatoms. The third-order valence-electron chi connectivity index (χ3n) is 2.81. The number of hydrogen-bond acceptors (Lipinski definition) is 3. The molecule has 3 amide bonds. The maximum atomic E-state index is 12.0. The summed E-state index contributed by atoms with van der Waals surface area (Å²) in [4.78, 5) is 25.2. The van der Waals surface area contributed by atoms with Crippen LogP contribution in [0.2, 0.25) is 0 Å². The second-order valence-corrected chi connectivity index (χ2v) is 4.46. The number of carbonyl (C=O) groups excluding carboxylic acids is 2. The third kappa shape index (κ3) is 5.41. The predicted molar refractivity (Wildman–Crippen MR) is 86.8 cm³/mol. The number of urea groups is 1. The zero-order valence-electron chi connectivity index (χ0n) is 12.4. The number of benzene rings is 1. The van der Waals surface area contributed by atoms with Gasteiger partial charge in [0.1, 0.15) is 0 Å². The molecule has 0 spiro atoms. The zero-order valence-corrected chi connectivity index (χ0v) is 12.4. The largest absolute Gasteiger partial charge is 0.395 e. The lowest BCUT2D eigenvalue weighted by Crippen LogP contribution is -2.37. The van der Waals surface area contributed by atoms with E-state index in [-0.39, 0.29) is 25.1 Å². The van der Waals surface area contributed by atoms with Crippen LogP contribution in [0, 0.1) is 0 Å². The number of aliphatic hydroxyl groups excluding tert-OH is 1. The summed E-state index contributed by atoms with van der Waals surface area (Å²) in [7, 11) is 0. The van der Waals surface area contributed by atoms with E-state index < -0.39 is 0 Å². The monoisotopic (exact) mass is 303 g/mol. The van der Waals surface area contributed by atoms with Crippen molar-refractivity contribution in [2.45, 2.75) is 0 Å². The highest BCUT2D eigenvalue weighted by molar-refractivity contribution is 5.95. The van der Waals surface area contributed by atoms with Crippen molar-refractivity contribution in [2.75, 3.05) is 31.6 Å². The fourth-order valence-corrected chi connectivity index (χ4v) is 1.73. The van der Waals surface area contributed by atoms with Crippen molar-refractivity contribution in [3.8, 4) is 0 Å². The van der Waals surface area contributed by atoms with Gasteiger partial charge in [-0.3, -0.25) is 4.79 Å². The SMILES string of the molecule is C=CCNC(=O)c1ccc(NC(=O)N(CC=C)CCO)cc1. The van der Waals surface area contributed by atoms with Gasteiger partial charge in [0.15, 0.2) is 0 Å². The number of anilines is 1. The number of rotatable bonds is 8. The molecule has 0 atom stereocenters. The second-order valence-electron chi connectivity index (χ2n) is 4.46. The van der Waals surface area contributed by atoms with Crippen LogP contribution in [0.5, 0.6) is 0 Å². The molecule has 1 aromatic carbocycles. The summed E-state index contributed by atoms with van der Waals surface area (Å²) in [5, 5.41) is 14.3. The van der Waals surface area contributed by atoms with Crippen molar-refractivity contribution in [1.82, 2.24) is 10.2 Å². The van der Waals surface area contributed by atoms with Gasteiger partial charge in [-0.15, -0.1) is 13.2 Å². The van der Waals surface area contributed by atoms with E-state index in [2.05, 4.69) is 23.8 Å². The highest BCUT2D eigenvalue weighted by atomic mass is 16.3. The number of nitrogens with one attached hydrogen (secondary N) is 2. The van der Waals surface area contributed by atoms with Gasteiger partial charge in [0.05, 0.1) is 6.61 Å². The molecule has 6 nitrogen and oxygen atoms in total. The van der Waals surface area contributed by atoms with E-state index in [1.165, 1.54) is 4.90 Å². The Balaban J connectivity index is 2.66. The molecule has 0 saturated carbocycles. The molecule has 0 saturated heterocycles. The number of nitrogens with zero attached hydrogens (tertiary/aromatic N) is 1. The summed E-state index contributed by atoms with van der Waals surface area (Å²) in [5.41, 5.74) is 1.07. The van der Waals surface area contributed by atoms with Crippen LogP contribution in [0.15, 0.2) is 49.6 Å². The molecule has 1 rings (SSSR count). The third-order valence-corrected chi connectivity index (χ3v) is 2.81. The molecule has 0 aliphatic heterocycles. The minimum absolute atomic E-state index is 0.121. The first-order valence-electron chi connectivity index (χ1n) is 6.89. The van der Waals surface area contributed by atoms with E-state index in [0.29, 0.717) is 24.3 Å². The van der Waals surface area contributed by atoms with E-state index in [4.69, 9.17) is 5.11 Å². The van der Waals surface area contributed by atoms with Gasteiger partial charge in [-0.2, -0.15) is 0 Å². The Labute approximate surface area is 130 Å².